The molecule has 0 aromatic heterocycles. The Hall–Kier alpha value is -2.33. The number of hydrogen-bond acceptors (Lipinski definition) is 3. The summed E-state index contributed by atoms with van der Waals surface area (Å²) in [5.74, 6) is -0.0369. The molecule has 4 nitrogen and oxygen atoms in total. The molecule has 2 aromatic rings. The Morgan fingerprint density at radius 1 is 1.05 bits per heavy atom. The third kappa shape index (κ3) is 3.83. The Bertz CT molecular complexity index is 623. The van der Waals surface area contributed by atoms with E-state index in [1.54, 1.807) is 0 Å². The highest BCUT2D eigenvalue weighted by atomic mass is 16.1. The zero-order valence-corrected chi connectivity index (χ0v) is 12.5. The van der Waals surface area contributed by atoms with E-state index in [1.807, 2.05) is 67.5 Å². The SMILES string of the molecule is CN(C)c1ccccc1NC(=O)Cc1ccccc1CN. The van der Waals surface area contributed by atoms with Crippen LogP contribution in [0.5, 0.6) is 0 Å². The molecule has 0 aliphatic heterocycles. The molecule has 4 heteroatoms. The predicted molar refractivity (Wildman–Crippen MR) is 87.4 cm³/mol. The molecule has 0 bridgehead atoms. The molecule has 0 aliphatic rings. The van der Waals surface area contributed by atoms with E-state index >= 15 is 0 Å². The molecule has 0 saturated carbocycles. The molecule has 0 heterocycles. The van der Waals surface area contributed by atoms with Crippen molar-refractivity contribution in [2.24, 2.45) is 5.73 Å². The Morgan fingerprint density at radius 3 is 2.33 bits per heavy atom. The van der Waals surface area contributed by atoms with Crippen LogP contribution in [0, 0.1) is 0 Å². The minimum Gasteiger partial charge on any atom is -0.376 e. The van der Waals surface area contributed by atoms with E-state index in [-0.39, 0.29) is 5.91 Å². The Morgan fingerprint density at radius 2 is 1.67 bits per heavy atom. The summed E-state index contributed by atoms with van der Waals surface area (Å²) in [5.41, 5.74) is 9.49. The van der Waals surface area contributed by atoms with Gasteiger partial charge in [0.25, 0.3) is 0 Å². The van der Waals surface area contributed by atoms with Gasteiger partial charge in [-0.2, -0.15) is 0 Å². The number of hydrogen-bond donors (Lipinski definition) is 2. The highest BCUT2D eigenvalue weighted by Gasteiger charge is 2.10. The van der Waals surface area contributed by atoms with E-state index in [0.717, 1.165) is 22.5 Å². The van der Waals surface area contributed by atoms with Crippen LogP contribution in [-0.2, 0) is 17.8 Å². The first-order valence-electron chi connectivity index (χ1n) is 6.95. The average Bonchev–Trinajstić information content (AvgIpc) is 2.48. The maximum Gasteiger partial charge on any atom is 0.228 e. The van der Waals surface area contributed by atoms with Crippen molar-refractivity contribution in [2.45, 2.75) is 13.0 Å². The highest BCUT2D eigenvalue weighted by Crippen LogP contribution is 2.23. The maximum atomic E-state index is 12.3. The van der Waals surface area contributed by atoms with Crippen molar-refractivity contribution >= 4 is 17.3 Å². The summed E-state index contributed by atoms with van der Waals surface area (Å²) in [7, 11) is 3.91. The molecular formula is C17H21N3O. The zero-order chi connectivity index (χ0) is 15.2. The molecule has 0 unspecified atom stereocenters. The fourth-order valence-electron chi connectivity index (χ4n) is 2.27. The largest absolute Gasteiger partial charge is 0.376 e. The third-order valence-electron chi connectivity index (χ3n) is 3.35. The molecule has 2 rings (SSSR count). The number of para-hydroxylation sites is 2. The fourth-order valence-corrected chi connectivity index (χ4v) is 2.27. The number of nitrogens with two attached hydrogens (primary N) is 1. The molecule has 0 fully saturated rings. The van der Waals surface area contributed by atoms with E-state index in [4.69, 9.17) is 5.73 Å². The lowest BCUT2D eigenvalue weighted by atomic mass is 10.0. The van der Waals surface area contributed by atoms with E-state index in [0.29, 0.717) is 13.0 Å². The smallest absolute Gasteiger partial charge is 0.228 e. The molecule has 1 amide bonds. The van der Waals surface area contributed by atoms with Gasteiger partial charge in [-0.3, -0.25) is 4.79 Å². The third-order valence-corrected chi connectivity index (χ3v) is 3.35. The number of anilines is 2. The Balaban J connectivity index is 2.12. The second kappa shape index (κ2) is 6.90. The maximum absolute atomic E-state index is 12.3. The zero-order valence-electron chi connectivity index (χ0n) is 12.5. The summed E-state index contributed by atoms with van der Waals surface area (Å²) in [6.45, 7) is 0.442. The summed E-state index contributed by atoms with van der Waals surface area (Å²) in [5, 5.41) is 2.97. The Labute approximate surface area is 125 Å². The van der Waals surface area contributed by atoms with E-state index in [9.17, 15) is 4.79 Å². The van der Waals surface area contributed by atoms with Crippen LogP contribution >= 0.6 is 0 Å². The summed E-state index contributed by atoms with van der Waals surface area (Å²) in [6, 6.07) is 15.5. The highest BCUT2D eigenvalue weighted by molar-refractivity contribution is 5.95. The molecule has 0 saturated heterocycles. The van der Waals surface area contributed by atoms with Crippen molar-refractivity contribution in [2.75, 3.05) is 24.3 Å². The van der Waals surface area contributed by atoms with Gasteiger partial charge >= 0.3 is 0 Å². The number of nitrogens with zero attached hydrogens (tertiary/aromatic N) is 1. The van der Waals surface area contributed by atoms with Gasteiger partial charge in [0.1, 0.15) is 0 Å². The first-order chi connectivity index (χ1) is 10.1. The van der Waals surface area contributed by atoms with Crippen molar-refractivity contribution in [1.29, 1.82) is 0 Å². The topological polar surface area (TPSA) is 58.4 Å². The van der Waals surface area contributed by atoms with Gasteiger partial charge in [0.05, 0.1) is 17.8 Å². The first-order valence-corrected chi connectivity index (χ1v) is 6.95. The van der Waals surface area contributed by atoms with Crippen molar-refractivity contribution in [3.05, 3.63) is 59.7 Å². The quantitative estimate of drug-likeness (QED) is 0.886. The van der Waals surface area contributed by atoms with Gasteiger partial charge in [-0.1, -0.05) is 36.4 Å². The standard InChI is InChI=1S/C17H21N3O/c1-20(2)16-10-6-5-9-15(16)19-17(21)11-13-7-3-4-8-14(13)12-18/h3-10H,11-12,18H2,1-2H3,(H,19,21). The summed E-state index contributed by atoms with van der Waals surface area (Å²) < 4.78 is 0. The van der Waals surface area contributed by atoms with E-state index < -0.39 is 0 Å². The summed E-state index contributed by atoms with van der Waals surface area (Å²) in [4.78, 5) is 14.2. The van der Waals surface area contributed by atoms with Crippen LogP contribution in [-0.4, -0.2) is 20.0 Å². The van der Waals surface area contributed by atoms with Crippen molar-refractivity contribution in [3.8, 4) is 0 Å². The van der Waals surface area contributed by atoms with Crippen molar-refractivity contribution in [3.63, 3.8) is 0 Å². The van der Waals surface area contributed by atoms with Crippen LogP contribution in [0.3, 0.4) is 0 Å². The first kappa shape index (κ1) is 15.1. The summed E-state index contributed by atoms with van der Waals surface area (Å²) in [6.07, 6.45) is 0.329. The molecule has 110 valence electrons. The molecule has 0 aliphatic carbocycles. The molecular weight excluding hydrogens is 262 g/mol. The van der Waals surface area contributed by atoms with Crippen LogP contribution in [0.4, 0.5) is 11.4 Å². The minimum absolute atomic E-state index is 0.0369. The monoisotopic (exact) mass is 283 g/mol. The van der Waals surface area contributed by atoms with Crippen LogP contribution in [0.1, 0.15) is 11.1 Å². The van der Waals surface area contributed by atoms with Crippen molar-refractivity contribution in [1.82, 2.24) is 0 Å². The van der Waals surface area contributed by atoms with Crippen LogP contribution in [0.25, 0.3) is 0 Å². The van der Waals surface area contributed by atoms with Gasteiger partial charge in [-0.25, -0.2) is 0 Å². The second-order valence-electron chi connectivity index (χ2n) is 5.11. The molecule has 0 radical (unpaired) electrons. The number of rotatable bonds is 5. The lowest BCUT2D eigenvalue weighted by molar-refractivity contribution is -0.115. The molecule has 0 spiro atoms. The van der Waals surface area contributed by atoms with Crippen LogP contribution in [0.2, 0.25) is 0 Å². The normalized spacial score (nSPS) is 10.2. The molecule has 3 N–H and O–H groups in total. The molecule has 2 aromatic carbocycles. The van der Waals surface area contributed by atoms with Crippen molar-refractivity contribution < 1.29 is 4.79 Å². The number of carbonyl (C=O) groups excluding carboxylic acids is 1. The molecule has 21 heavy (non-hydrogen) atoms. The molecule has 0 atom stereocenters. The van der Waals surface area contributed by atoms with Gasteiger partial charge in [-0.05, 0) is 23.3 Å². The van der Waals surface area contributed by atoms with Gasteiger partial charge in [0.2, 0.25) is 5.91 Å². The number of benzene rings is 2. The number of amides is 1. The van der Waals surface area contributed by atoms with Gasteiger partial charge < -0.3 is 16.0 Å². The summed E-state index contributed by atoms with van der Waals surface area (Å²) >= 11 is 0. The lowest BCUT2D eigenvalue weighted by Crippen LogP contribution is -2.19. The van der Waals surface area contributed by atoms with Gasteiger partial charge in [-0.15, -0.1) is 0 Å². The fraction of sp³-hybridized carbons (Fsp3) is 0.235. The number of carbonyl (C=O) groups is 1. The van der Waals surface area contributed by atoms with E-state index in [1.165, 1.54) is 0 Å². The predicted octanol–water partition coefficient (Wildman–Crippen LogP) is 2.39. The van der Waals surface area contributed by atoms with Gasteiger partial charge in [0.15, 0.2) is 0 Å². The Kier molecular flexibility index (Phi) is 4.95. The second-order valence-corrected chi connectivity index (χ2v) is 5.11. The van der Waals surface area contributed by atoms with Gasteiger partial charge in [0, 0.05) is 20.6 Å². The van der Waals surface area contributed by atoms with E-state index in [2.05, 4.69) is 5.32 Å². The number of nitrogens with one attached hydrogen (secondary N) is 1. The minimum atomic E-state index is -0.0369. The lowest BCUT2D eigenvalue weighted by Gasteiger charge is -2.18. The average molecular weight is 283 g/mol. The van der Waals surface area contributed by atoms with Crippen LogP contribution < -0.4 is 16.0 Å². The van der Waals surface area contributed by atoms with Crippen LogP contribution in [0.15, 0.2) is 48.5 Å².